The maximum atomic E-state index is 13.6. The highest BCUT2D eigenvalue weighted by Crippen LogP contribution is 2.36. The fourth-order valence-electron chi connectivity index (χ4n) is 3.08. The molecule has 0 bridgehead atoms. The molecule has 3 aromatic rings. The molecule has 2 aromatic heterocycles. The summed E-state index contributed by atoms with van der Waals surface area (Å²) in [4.78, 5) is 0.492. The molecule has 1 atom stereocenters. The number of hydrogen-bond donors (Lipinski definition) is 0. The van der Waals surface area contributed by atoms with Gasteiger partial charge in [-0.2, -0.15) is 4.31 Å². The van der Waals surface area contributed by atoms with Gasteiger partial charge in [0.15, 0.2) is 11.6 Å². The molecule has 0 saturated carbocycles. The molecule has 1 aromatic carbocycles. The maximum Gasteiger partial charge on any atom is 0.257 e. The van der Waals surface area contributed by atoms with E-state index in [9.17, 15) is 17.2 Å². The van der Waals surface area contributed by atoms with Crippen LogP contribution in [-0.2, 0) is 10.0 Å². The monoisotopic (exact) mass is 411 g/mol. The molecule has 1 aliphatic heterocycles. The first-order chi connectivity index (χ1) is 13.0. The highest BCUT2D eigenvalue weighted by molar-refractivity contribution is 7.89. The van der Waals surface area contributed by atoms with Crippen LogP contribution in [0.5, 0.6) is 0 Å². The molecular formula is C17H15F2N3O3S2. The molecule has 4 rings (SSSR count). The van der Waals surface area contributed by atoms with Crippen molar-refractivity contribution < 1.29 is 21.6 Å². The minimum absolute atomic E-state index is 0.198. The van der Waals surface area contributed by atoms with Gasteiger partial charge >= 0.3 is 0 Å². The maximum absolute atomic E-state index is 13.6. The Labute approximate surface area is 158 Å². The molecule has 6 nitrogen and oxygen atoms in total. The van der Waals surface area contributed by atoms with Crippen molar-refractivity contribution in [1.82, 2.24) is 14.5 Å². The van der Waals surface area contributed by atoms with Gasteiger partial charge in [-0.15, -0.1) is 21.5 Å². The average Bonchev–Trinajstić information content (AvgIpc) is 3.35. The number of sulfonamides is 1. The summed E-state index contributed by atoms with van der Waals surface area (Å²) in [6, 6.07) is 5.61. The Kier molecular flexibility index (Phi) is 4.79. The first-order valence-electron chi connectivity index (χ1n) is 8.31. The molecule has 0 unspecified atom stereocenters. The van der Waals surface area contributed by atoms with E-state index in [0.717, 1.165) is 23.4 Å². The van der Waals surface area contributed by atoms with E-state index in [1.165, 1.54) is 15.6 Å². The summed E-state index contributed by atoms with van der Waals surface area (Å²) in [7, 11) is -4.04. The molecule has 142 valence electrons. The summed E-state index contributed by atoms with van der Waals surface area (Å²) in [5.74, 6) is -1.77. The topological polar surface area (TPSA) is 76.3 Å². The van der Waals surface area contributed by atoms with E-state index >= 15 is 0 Å². The zero-order valence-electron chi connectivity index (χ0n) is 14.0. The van der Waals surface area contributed by atoms with Crippen molar-refractivity contribution in [3.05, 3.63) is 53.2 Å². The van der Waals surface area contributed by atoms with Crippen LogP contribution in [0.4, 0.5) is 8.78 Å². The largest absolute Gasteiger partial charge is 0.418 e. The zero-order valence-corrected chi connectivity index (χ0v) is 15.6. The number of benzene rings is 1. The van der Waals surface area contributed by atoms with Gasteiger partial charge in [0.25, 0.3) is 5.89 Å². The van der Waals surface area contributed by atoms with Crippen LogP contribution in [-0.4, -0.2) is 29.5 Å². The highest BCUT2D eigenvalue weighted by atomic mass is 32.2. The van der Waals surface area contributed by atoms with Crippen LogP contribution in [0.2, 0.25) is 0 Å². The van der Waals surface area contributed by atoms with Crippen LogP contribution >= 0.6 is 11.3 Å². The predicted octanol–water partition coefficient (Wildman–Crippen LogP) is 3.99. The van der Waals surface area contributed by atoms with Gasteiger partial charge in [0.2, 0.25) is 15.9 Å². The molecule has 3 heterocycles. The molecule has 27 heavy (non-hydrogen) atoms. The molecule has 0 radical (unpaired) electrons. The minimum atomic E-state index is -4.04. The lowest BCUT2D eigenvalue weighted by Crippen LogP contribution is -2.38. The first kappa shape index (κ1) is 18.2. The smallest absolute Gasteiger partial charge is 0.257 e. The fourth-order valence-corrected chi connectivity index (χ4v) is 5.39. The normalized spacial score (nSPS) is 18.7. The van der Waals surface area contributed by atoms with Crippen molar-refractivity contribution in [3.63, 3.8) is 0 Å². The van der Waals surface area contributed by atoms with E-state index in [4.69, 9.17) is 4.42 Å². The van der Waals surface area contributed by atoms with Crippen LogP contribution in [0.3, 0.4) is 0 Å². The Morgan fingerprint density at radius 1 is 1.15 bits per heavy atom. The summed E-state index contributed by atoms with van der Waals surface area (Å²) in [6.07, 6.45) is 1.96. The lowest BCUT2D eigenvalue weighted by molar-refractivity contribution is 0.220. The second-order valence-corrected chi connectivity index (χ2v) is 8.96. The zero-order chi connectivity index (χ0) is 19.0. The molecule has 0 amide bonds. The Balaban J connectivity index is 1.69. The second kappa shape index (κ2) is 7.10. The number of nitrogens with zero attached hydrogens (tertiary/aromatic N) is 3. The van der Waals surface area contributed by atoms with Crippen LogP contribution in [0.1, 0.15) is 31.2 Å². The second-order valence-electron chi connectivity index (χ2n) is 6.13. The van der Waals surface area contributed by atoms with E-state index in [2.05, 4.69) is 10.2 Å². The van der Waals surface area contributed by atoms with Gasteiger partial charge in [-0.1, -0.05) is 12.5 Å². The summed E-state index contributed by atoms with van der Waals surface area (Å²) in [5, 5.41) is 9.92. The molecule has 1 fully saturated rings. The van der Waals surface area contributed by atoms with Gasteiger partial charge in [0.1, 0.15) is 6.04 Å². The molecule has 0 N–H and O–H groups in total. The third-order valence-corrected chi connectivity index (χ3v) is 7.17. The Morgan fingerprint density at radius 3 is 2.74 bits per heavy atom. The number of aromatic nitrogens is 2. The van der Waals surface area contributed by atoms with E-state index in [-0.39, 0.29) is 17.3 Å². The molecule has 1 aliphatic rings. The standard InChI is InChI=1S/C17H15F2N3O3S2/c18-12-7-6-11(10-13(12)19)27(23,24)22-8-2-1-4-14(22)16-20-21-17(25-16)15-5-3-9-26-15/h3,5-7,9-10,14H,1-2,4,8H2/t14-/m0/s1. The van der Waals surface area contributed by atoms with Gasteiger partial charge in [0, 0.05) is 6.54 Å². The molecule has 0 spiro atoms. The highest BCUT2D eigenvalue weighted by Gasteiger charge is 2.37. The quantitative estimate of drug-likeness (QED) is 0.649. The van der Waals surface area contributed by atoms with E-state index in [1.54, 1.807) is 0 Å². The third-order valence-electron chi connectivity index (χ3n) is 4.41. The van der Waals surface area contributed by atoms with Crippen LogP contribution in [0, 0.1) is 11.6 Å². The Bertz CT molecular complexity index is 1050. The summed E-state index contributed by atoms with van der Waals surface area (Å²) in [6.45, 7) is 0.239. The van der Waals surface area contributed by atoms with Crippen molar-refractivity contribution >= 4 is 21.4 Å². The number of hydrogen-bond acceptors (Lipinski definition) is 6. The van der Waals surface area contributed by atoms with Gasteiger partial charge in [-0.3, -0.25) is 0 Å². The van der Waals surface area contributed by atoms with Crippen LogP contribution in [0.15, 0.2) is 45.0 Å². The van der Waals surface area contributed by atoms with Crippen molar-refractivity contribution in [2.24, 2.45) is 0 Å². The van der Waals surface area contributed by atoms with E-state index < -0.39 is 27.7 Å². The van der Waals surface area contributed by atoms with Gasteiger partial charge < -0.3 is 4.42 Å². The number of rotatable bonds is 4. The van der Waals surface area contributed by atoms with E-state index in [1.807, 2.05) is 17.5 Å². The Hall–Kier alpha value is -2.17. The lowest BCUT2D eigenvalue weighted by Gasteiger charge is -2.32. The average molecular weight is 411 g/mol. The van der Waals surface area contributed by atoms with Gasteiger partial charge in [-0.25, -0.2) is 17.2 Å². The molecule has 1 saturated heterocycles. The predicted molar refractivity (Wildman–Crippen MR) is 94.5 cm³/mol. The third kappa shape index (κ3) is 3.40. The summed E-state index contributed by atoms with van der Waals surface area (Å²) >= 11 is 1.44. The molecular weight excluding hydrogens is 396 g/mol. The Morgan fingerprint density at radius 2 is 2.00 bits per heavy atom. The van der Waals surface area contributed by atoms with Crippen molar-refractivity contribution in [1.29, 1.82) is 0 Å². The van der Waals surface area contributed by atoms with Crippen LogP contribution < -0.4 is 0 Å². The van der Waals surface area contributed by atoms with Crippen molar-refractivity contribution in [2.45, 2.75) is 30.2 Å². The number of halogens is 2. The number of thiophene rings is 1. The van der Waals surface area contributed by atoms with Gasteiger partial charge in [-0.05, 0) is 42.5 Å². The lowest BCUT2D eigenvalue weighted by atomic mass is 10.1. The summed E-state index contributed by atoms with van der Waals surface area (Å²) in [5.41, 5.74) is 0. The van der Waals surface area contributed by atoms with Gasteiger partial charge in [0.05, 0.1) is 9.77 Å². The SMILES string of the molecule is O=S(=O)(c1ccc(F)c(F)c1)N1CCCC[C@H]1c1nnc(-c2cccs2)o1. The fraction of sp³-hybridized carbons (Fsp3) is 0.294. The molecule has 0 aliphatic carbocycles. The van der Waals surface area contributed by atoms with Crippen molar-refractivity contribution in [3.8, 4) is 10.8 Å². The molecule has 10 heteroatoms. The minimum Gasteiger partial charge on any atom is -0.418 e. The van der Waals surface area contributed by atoms with Crippen molar-refractivity contribution in [2.75, 3.05) is 6.54 Å². The van der Waals surface area contributed by atoms with Crippen LogP contribution in [0.25, 0.3) is 10.8 Å². The van der Waals surface area contributed by atoms with E-state index in [0.29, 0.717) is 24.8 Å². The number of piperidine rings is 1. The summed E-state index contributed by atoms with van der Waals surface area (Å²) < 4.78 is 59.7. The first-order valence-corrected chi connectivity index (χ1v) is 10.6.